The van der Waals surface area contributed by atoms with Gasteiger partial charge in [0, 0.05) is 47.6 Å². The van der Waals surface area contributed by atoms with E-state index in [4.69, 9.17) is 16.2 Å². The molecule has 1 amide bonds. The highest BCUT2D eigenvalue weighted by Gasteiger charge is 2.51. The van der Waals surface area contributed by atoms with E-state index < -0.39 is 17.4 Å². The second-order valence-electron chi connectivity index (χ2n) is 13.4. The minimum Gasteiger partial charge on any atom is -0.473 e. The van der Waals surface area contributed by atoms with Gasteiger partial charge in [0.15, 0.2) is 11.6 Å². The van der Waals surface area contributed by atoms with Crippen molar-refractivity contribution in [3.63, 3.8) is 0 Å². The van der Waals surface area contributed by atoms with Crippen LogP contribution in [0, 0.1) is 22.7 Å². The quantitative estimate of drug-likeness (QED) is 0.241. The average Bonchev–Trinajstić information content (AvgIpc) is 3.82. The topological polar surface area (TPSA) is 191 Å². The number of anilines is 1. The molecule has 6 N–H and O–H groups in total. The molecule has 12 nitrogen and oxygen atoms in total. The summed E-state index contributed by atoms with van der Waals surface area (Å²) in [5.74, 6) is -0.0785. The van der Waals surface area contributed by atoms with Gasteiger partial charge >= 0.3 is 0 Å². The smallest absolute Gasteiger partial charge is 0.269 e. The summed E-state index contributed by atoms with van der Waals surface area (Å²) in [6.07, 6.45) is 10.4. The number of thiophene rings is 1. The normalized spacial score (nSPS) is 27.2. The maximum Gasteiger partial charge on any atom is 0.269 e. The standard InChI is InChI=1S/C34H45N9O3S/c1-20(24-9-7-15-42(24)2)46-27-18-26(39-14-11-23(36)33(45)43-16-3-4-17-43)40-32(41-27)29(37)21-8-5-12-34(30(21)44)13-6-10-25-28(34)22(19-35)31(38)47-25/h11,14,18,20-21,24,30,37,44H,3-10,12-13,15-17,36,38H2,1-2H3/t20-,21-,24-,30?,34-/m0/s1. The number of nitrogens with two attached hydrogens (primary N) is 2. The van der Waals surface area contributed by atoms with Crippen LogP contribution >= 0.6 is 11.3 Å². The molecule has 0 bridgehead atoms. The molecule has 250 valence electrons. The number of likely N-dealkylation sites (tertiary alicyclic amines) is 2. The second-order valence-corrected chi connectivity index (χ2v) is 14.6. The van der Waals surface area contributed by atoms with Crippen LogP contribution in [-0.4, -0.2) is 87.6 Å². The number of aryl methyl sites for hydroxylation is 1. The van der Waals surface area contributed by atoms with Crippen LogP contribution in [0.4, 0.5) is 10.8 Å². The van der Waals surface area contributed by atoms with Gasteiger partial charge in [-0.15, -0.1) is 11.3 Å². The Morgan fingerprint density at radius 2 is 2.00 bits per heavy atom. The summed E-state index contributed by atoms with van der Waals surface area (Å²) in [7, 11) is 2.09. The van der Waals surface area contributed by atoms with Gasteiger partial charge in [0.2, 0.25) is 5.88 Å². The van der Waals surface area contributed by atoms with E-state index in [1.165, 1.54) is 23.6 Å². The van der Waals surface area contributed by atoms with Crippen molar-refractivity contribution in [1.29, 1.82) is 10.7 Å². The maximum atomic E-state index is 12.7. The van der Waals surface area contributed by atoms with Crippen LogP contribution in [0.3, 0.4) is 0 Å². The fourth-order valence-electron chi connectivity index (χ4n) is 8.17. The lowest BCUT2D eigenvalue weighted by Crippen LogP contribution is -2.51. The lowest BCUT2D eigenvalue weighted by Gasteiger charge is -2.48. The van der Waals surface area contributed by atoms with Crippen molar-refractivity contribution in [2.24, 2.45) is 16.6 Å². The second kappa shape index (κ2) is 13.7. The number of hydrogen-bond donors (Lipinski definition) is 4. The third-order valence-corrected chi connectivity index (χ3v) is 11.6. The highest BCUT2D eigenvalue weighted by molar-refractivity contribution is 7.16. The van der Waals surface area contributed by atoms with Gasteiger partial charge in [0.05, 0.1) is 23.1 Å². The molecular formula is C34H45N9O3S. The SMILES string of the molecule is C[C@H](Oc1cc(N=CC=C(N)C(=O)N2CCCC2)nc(C(=N)[C@@H]2CCC[C@@]3(CCCc4sc(N)c(C#N)c43)C2O)n1)[C@@H]1CCCN1C. The van der Waals surface area contributed by atoms with Gasteiger partial charge in [-0.2, -0.15) is 10.2 Å². The first-order valence-corrected chi connectivity index (χ1v) is 17.6. The Balaban J connectivity index is 1.30. The first-order chi connectivity index (χ1) is 22.6. The van der Waals surface area contributed by atoms with Crippen molar-refractivity contribution in [3.8, 4) is 11.9 Å². The number of aliphatic imine (C=N–C) groups is 1. The number of aliphatic hydroxyl groups excluding tert-OH is 1. The molecule has 1 unspecified atom stereocenters. The molecule has 0 aromatic carbocycles. The van der Waals surface area contributed by atoms with Crippen LogP contribution in [-0.2, 0) is 16.6 Å². The number of nitrogen functional groups attached to an aromatic ring is 1. The Labute approximate surface area is 280 Å². The number of aliphatic hydroxyl groups is 1. The highest BCUT2D eigenvalue weighted by atomic mass is 32.1. The molecule has 0 radical (unpaired) electrons. The number of allylic oxidation sites excluding steroid dienone is 1. The van der Waals surface area contributed by atoms with Crippen molar-refractivity contribution < 1.29 is 14.6 Å². The molecular weight excluding hydrogens is 615 g/mol. The Morgan fingerprint density at radius 1 is 1.23 bits per heavy atom. The summed E-state index contributed by atoms with van der Waals surface area (Å²) < 4.78 is 6.36. The number of hydrogen-bond acceptors (Lipinski definition) is 12. The van der Waals surface area contributed by atoms with Crippen molar-refractivity contribution in [2.75, 3.05) is 32.4 Å². The lowest BCUT2D eigenvalue weighted by molar-refractivity contribution is -0.126. The molecule has 4 heterocycles. The molecule has 1 saturated carbocycles. The van der Waals surface area contributed by atoms with E-state index in [0.29, 0.717) is 36.0 Å². The average molecular weight is 660 g/mol. The van der Waals surface area contributed by atoms with Gasteiger partial charge in [-0.05, 0) is 89.9 Å². The van der Waals surface area contributed by atoms with Gasteiger partial charge in [-0.25, -0.2) is 9.98 Å². The molecule has 2 aliphatic carbocycles. The number of nitrogens with zero attached hydrogens (tertiary/aromatic N) is 6. The molecule has 2 aromatic rings. The third kappa shape index (κ3) is 6.38. The first kappa shape index (κ1) is 33.1. The van der Waals surface area contributed by atoms with Gasteiger partial charge in [-0.3, -0.25) is 9.69 Å². The van der Waals surface area contributed by atoms with Crippen LogP contribution in [0.2, 0.25) is 0 Å². The number of nitrogens with one attached hydrogen (secondary N) is 1. The van der Waals surface area contributed by atoms with Crippen LogP contribution in [0.5, 0.6) is 5.88 Å². The molecule has 13 heteroatoms. The molecule has 2 aromatic heterocycles. The largest absolute Gasteiger partial charge is 0.473 e. The van der Waals surface area contributed by atoms with Crippen LogP contribution in [0.1, 0.15) is 86.5 Å². The minimum atomic E-state index is -0.908. The zero-order valence-corrected chi connectivity index (χ0v) is 28.1. The fourth-order valence-corrected chi connectivity index (χ4v) is 9.34. The van der Waals surface area contributed by atoms with Crippen LogP contribution in [0.15, 0.2) is 22.8 Å². The van der Waals surface area contributed by atoms with E-state index in [1.54, 1.807) is 11.0 Å². The number of likely N-dealkylation sites (N-methyl/N-ethyl adjacent to an activating group) is 1. The van der Waals surface area contributed by atoms with E-state index in [1.807, 2.05) is 6.92 Å². The first-order valence-electron chi connectivity index (χ1n) is 16.8. The number of carbonyl (C=O) groups is 1. The molecule has 3 fully saturated rings. The molecule has 6 rings (SSSR count). The highest BCUT2D eigenvalue weighted by Crippen LogP contribution is 2.54. The van der Waals surface area contributed by atoms with Crippen LogP contribution < -0.4 is 16.2 Å². The van der Waals surface area contributed by atoms with Crippen molar-refractivity contribution >= 4 is 40.0 Å². The molecule has 5 atom stereocenters. The lowest BCUT2D eigenvalue weighted by atomic mass is 9.58. The Hall–Kier alpha value is -3.86. The monoisotopic (exact) mass is 659 g/mol. The van der Waals surface area contributed by atoms with E-state index >= 15 is 0 Å². The number of ether oxygens (including phenoxy) is 1. The number of aromatic nitrogens is 2. The number of nitriles is 1. The summed E-state index contributed by atoms with van der Waals surface area (Å²) in [6.45, 7) is 4.42. The zero-order valence-electron chi connectivity index (χ0n) is 27.2. The molecule has 4 aliphatic rings. The predicted molar refractivity (Wildman–Crippen MR) is 182 cm³/mol. The molecule has 1 spiro atoms. The number of rotatable bonds is 8. The van der Waals surface area contributed by atoms with Gasteiger partial charge < -0.3 is 31.6 Å². The number of amides is 1. The van der Waals surface area contributed by atoms with Gasteiger partial charge in [0.25, 0.3) is 5.91 Å². The minimum absolute atomic E-state index is 0.0975. The van der Waals surface area contributed by atoms with Gasteiger partial charge in [-0.1, -0.05) is 6.42 Å². The zero-order chi connectivity index (χ0) is 33.3. The molecule has 47 heavy (non-hydrogen) atoms. The summed E-state index contributed by atoms with van der Waals surface area (Å²) >= 11 is 1.45. The van der Waals surface area contributed by atoms with Crippen LogP contribution in [0.25, 0.3) is 0 Å². The van der Waals surface area contributed by atoms with E-state index in [0.717, 1.165) is 74.8 Å². The number of carbonyl (C=O) groups excluding carboxylic acids is 1. The van der Waals surface area contributed by atoms with E-state index in [2.05, 4.69) is 33.0 Å². The Kier molecular flexibility index (Phi) is 9.64. The van der Waals surface area contributed by atoms with Gasteiger partial charge in [0.1, 0.15) is 17.2 Å². The fraction of sp³-hybridized carbons (Fsp3) is 0.588. The summed E-state index contributed by atoms with van der Waals surface area (Å²) in [5, 5.41) is 31.9. The third-order valence-electron chi connectivity index (χ3n) is 10.6. The predicted octanol–water partition coefficient (Wildman–Crippen LogP) is 3.82. The maximum absolute atomic E-state index is 12.7. The number of fused-ring (bicyclic) bond motifs is 2. The molecule has 2 aliphatic heterocycles. The van der Waals surface area contributed by atoms with Crippen molar-refractivity contribution in [1.82, 2.24) is 19.8 Å². The Morgan fingerprint density at radius 3 is 2.72 bits per heavy atom. The van der Waals surface area contributed by atoms with Crippen molar-refractivity contribution in [3.05, 3.63) is 39.7 Å². The summed E-state index contributed by atoms with van der Waals surface area (Å²) in [5.41, 5.74) is 13.3. The van der Waals surface area contributed by atoms with E-state index in [9.17, 15) is 20.6 Å². The Bertz CT molecular complexity index is 1620. The molecule has 2 saturated heterocycles. The van der Waals surface area contributed by atoms with E-state index in [-0.39, 0.29) is 41.1 Å². The summed E-state index contributed by atoms with van der Waals surface area (Å²) in [6, 6.07) is 4.16. The van der Waals surface area contributed by atoms with Crippen molar-refractivity contribution in [2.45, 2.75) is 94.8 Å². The summed E-state index contributed by atoms with van der Waals surface area (Å²) in [4.78, 5) is 31.5.